The second-order valence-corrected chi connectivity index (χ2v) is 8.79. The van der Waals surface area contributed by atoms with E-state index in [1.807, 2.05) is 0 Å². The third kappa shape index (κ3) is 3.81. The van der Waals surface area contributed by atoms with E-state index in [0.29, 0.717) is 24.3 Å². The topological polar surface area (TPSA) is 73.6 Å². The molecule has 3 fully saturated rings. The van der Waals surface area contributed by atoms with Gasteiger partial charge in [-0.2, -0.15) is 0 Å². The zero-order valence-corrected chi connectivity index (χ0v) is 16.7. The molecule has 166 valence electrons. The van der Waals surface area contributed by atoms with E-state index in [1.54, 1.807) is 12.1 Å². The highest BCUT2D eigenvalue weighted by Gasteiger charge is 2.86. The molecule has 0 saturated heterocycles. The van der Waals surface area contributed by atoms with Gasteiger partial charge in [-0.15, -0.1) is 13.2 Å². The number of carbonyl (C=O) groups is 1. The van der Waals surface area contributed by atoms with Crippen molar-refractivity contribution in [3.63, 3.8) is 0 Å². The predicted molar refractivity (Wildman–Crippen MR) is 98.6 cm³/mol. The van der Waals surface area contributed by atoms with Crippen LogP contribution in [0.3, 0.4) is 0 Å². The van der Waals surface area contributed by atoms with Gasteiger partial charge in [0.1, 0.15) is 23.9 Å². The lowest BCUT2D eigenvalue weighted by molar-refractivity contribution is -0.357. The molecule has 11 heteroatoms. The summed E-state index contributed by atoms with van der Waals surface area (Å²) in [5.74, 6) is -0.278. The Kier molecular flexibility index (Phi) is 4.62. The van der Waals surface area contributed by atoms with E-state index in [0.717, 1.165) is 0 Å². The number of hydrogen-bond acceptors (Lipinski definition) is 5. The first-order valence-corrected chi connectivity index (χ1v) is 10.1. The summed E-state index contributed by atoms with van der Waals surface area (Å²) in [6, 6.07) is 5.94. The molecule has 6 nitrogen and oxygen atoms in total. The Balaban J connectivity index is 1.12. The maximum Gasteiger partial charge on any atom is 0.522 e. The fraction of sp³-hybridized carbons (Fsp3) is 0.500. The van der Waals surface area contributed by atoms with Crippen molar-refractivity contribution in [1.82, 2.24) is 10.5 Å². The van der Waals surface area contributed by atoms with Crippen molar-refractivity contribution in [3.05, 3.63) is 40.9 Å². The molecule has 0 aliphatic heterocycles. The largest absolute Gasteiger partial charge is 0.522 e. The van der Waals surface area contributed by atoms with Crippen LogP contribution in [-0.2, 0) is 19.7 Å². The molecule has 5 rings (SSSR count). The van der Waals surface area contributed by atoms with Crippen molar-refractivity contribution in [2.75, 3.05) is 6.61 Å². The van der Waals surface area contributed by atoms with Crippen LogP contribution >= 0.6 is 11.6 Å². The molecule has 0 bridgehead atoms. The van der Waals surface area contributed by atoms with Crippen LogP contribution in [0.5, 0.6) is 0 Å². The van der Waals surface area contributed by atoms with Crippen LogP contribution in [-0.4, -0.2) is 41.8 Å². The summed E-state index contributed by atoms with van der Waals surface area (Å²) < 4.78 is 65.1. The number of nitrogens with zero attached hydrogens (tertiary/aromatic N) is 1. The summed E-state index contributed by atoms with van der Waals surface area (Å²) in [6.45, 7) is -0.237. The minimum absolute atomic E-state index is 0.101. The summed E-state index contributed by atoms with van der Waals surface area (Å²) >= 11 is 5.77. The van der Waals surface area contributed by atoms with Crippen molar-refractivity contribution < 1.29 is 36.4 Å². The number of hydrogen-bond donors (Lipinski definition) is 1. The van der Waals surface area contributed by atoms with E-state index in [9.17, 15) is 22.4 Å². The number of fused-ring (bicyclic) bond motifs is 1. The van der Waals surface area contributed by atoms with E-state index in [-0.39, 0.29) is 41.4 Å². The summed E-state index contributed by atoms with van der Waals surface area (Å²) in [5.41, 5.74) is -0.154. The highest BCUT2D eigenvalue weighted by Crippen LogP contribution is 2.78. The second kappa shape index (κ2) is 6.91. The number of carbonyl (C=O) groups excluding carboxylic acids is 1. The summed E-state index contributed by atoms with van der Waals surface area (Å²) in [6.07, 6.45) is -4.45. The lowest BCUT2D eigenvalue weighted by Crippen LogP contribution is -2.43. The molecule has 1 amide bonds. The Hall–Kier alpha value is -2.17. The lowest BCUT2D eigenvalue weighted by atomic mass is 9.92. The third-order valence-corrected chi connectivity index (χ3v) is 6.48. The highest BCUT2D eigenvalue weighted by atomic mass is 35.5. The molecular formula is C20H17ClF4N2O4. The first kappa shape index (κ1) is 20.7. The van der Waals surface area contributed by atoms with Gasteiger partial charge in [-0.1, -0.05) is 16.8 Å². The van der Waals surface area contributed by atoms with Crippen LogP contribution < -0.4 is 5.32 Å². The SMILES string of the molecule is O=C(COC1CC(OC(F)(F)F)C1)NC12CC1(c1cc(-c3ccc(Cl)cc3F)no1)C2. The van der Waals surface area contributed by atoms with Crippen LogP contribution in [0.1, 0.15) is 31.4 Å². The average Bonchev–Trinajstić information content (AvgIpc) is 3.32. The summed E-state index contributed by atoms with van der Waals surface area (Å²) in [5, 5.41) is 7.13. The van der Waals surface area contributed by atoms with Crippen molar-refractivity contribution in [1.29, 1.82) is 0 Å². The highest BCUT2D eigenvalue weighted by molar-refractivity contribution is 6.30. The number of halogens is 5. The van der Waals surface area contributed by atoms with E-state index >= 15 is 0 Å². The molecule has 0 radical (unpaired) electrons. The number of amides is 1. The van der Waals surface area contributed by atoms with E-state index < -0.39 is 29.9 Å². The Bertz CT molecular complexity index is 1030. The Morgan fingerprint density at radius 1 is 1.26 bits per heavy atom. The van der Waals surface area contributed by atoms with Crippen LogP contribution in [0.4, 0.5) is 17.6 Å². The van der Waals surface area contributed by atoms with Gasteiger partial charge in [0, 0.05) is 29.5 Å². The number of benzene rings is 1. The predicted octanol–water partition coefficient (Wildman–Crippen LogP) is 4.12. The molecular weight excluding hydrogens is 444 g/mol. The number of nitrogens with one attached hydrogen (secondary N) is 1. The summed E-state index contributed by atoms with van der Waals surface area (Å²) in [7, 11) is 0. The van der Waals surface area contributed by atoms with E-state index in [2.05, 4.69) is 15.2 Å². The first-order chi connectivity index (χ1) is 14.6. The quantitative estimate of drug-likeness (QED) is 0.629. The molecule has 1 heterocycles. The number of aromatic nitrogens is 1. The standard InChI is InChI=1S/C20H17ClF4N2O4/c21-10-1-2-13(14(22)3-10)15-6-16(31-27-15)18-8-19(18,9-18)26-17(28)7-29-11-4-12(5-11)30-20(23,24)25/h1-3,6,11-12H,4-5,7-9H2,(H,26,28). The van der Waals surface area contributed by atoms with Crippen LogP contribution in [0.15, 0.2) is 28.8 Å². The molecule has 1 aromatic heterocycles. The first-order valence-electron chi connectivity index (χ1n) is 9.69. The van der Waals surface area contributed by atoms with Crippen LogP contribution in [0.2, 0.25) is 5.02 Å². The molecule has 3 aliphatic carbocycles. The molecule has 31 heavy (non-hydrogen) atoms. The van der Waals surface area contributed by atoms with Crippen molar-refractivity contribution in [2.45, 2.75) is 55.2 Å². The van der Waals surface area contributed by atoms with Gasteiger partial charge in [-0.3, -0.25) is 9.53 Å². The fourth-order valence-electron chi connectivity index (χ4n) is 4.27. The third-order valence-electron chi connectivity index (χ3n) is 6.24. The van der Waals surface area contributed by atoms with Gasteiger partial charge < -0.3 is 14.6 Å². The Morgan fingerprint density at radius 2 is 2.00 bits per heavy atom. The Labute approximate surface area is 178 Å². The van der Waals surface area contributed by atoms with Gasteiger partial charge in [-0.25, -0.2) is 4.39 Å². The van der Waals surface area contributed by atoms with Gasteiger partial charge in [0.2, 0.25) is 5.91 Å². The molecule has 3 saturated carbocycles. The normalized spacial score (nSPS) is 31.0. The van der Waals surface area contributed by atoms with Crippen molar-refractivity contribution in [2.24, 2.45) is 0 Å². The van der Waals surface area contributed by atoms with Gasteiger partial charge >= 0.3 is 6.36 Å². The van der Waals surface area contributed by atoms with Crippen LogP contribution in [0, 0.1) is 5.82 Å². The van der Waals surface area contributed by atoms with E-state index in [4.69, 9.17) is 20.9 Å². The minimum atomic E-state index is -4.66. The molecule has 0 atom stereocenters. The van der Waals surface area contributed by atoms with Gasteiger partial charge in [0.15, 0.2) is 0 Å². The molecule has 1 aromatic carbocycles. The lowest BCUT2D eigenvalue weighted by Gasteiger charge is -2.34. The Morgan fingerprint density at radius 3 is 2.68 bits per heavy atom. The maximum atomic E-state index is 14.1. The number of ether oxygens (including phenoxy) is 2. The number of rotatable bonds is 7. The van der Waals surface area contributed by atoms with Crippen molar-refractivity contribution in [3.8, 4) is 11.3 Å². The fourth-order valence-corrected chi connectivity index (χ4v) is 4.43. The second-order valence-electron chi connectivity index (χ2n) is 8.36. The van der Waals surface area contributed by atoms with Gasteiger partial charge in [0.25, 0.3) is 0 Å². The van der Waals surface area contributed by atoms with Gasteiger partial charge in [0.05, 0.1) is 23.2 Å². The molecule has 1 N–H and O–H groups in total. The zero-order chi connectivity index (χ0) is 22.0. The van der Waals surface area contributed by atoms with Crippen LogP contribution in [0.25, 0.3) is 11.3 Å². The van der Waals surface area contributed by atoms with Gasteiger partial charge in [-0.05, 0) is 31.0 Å². The average molecular weight is 461 g/mol. The summed E-state index contributed by atoms with van der Waals surface area (Å²) in [4.78, 5) is 12.2. The number of alkyl halides is 3. The monoisotopic (exact) mass is 460 g/mol. The molecule has 0 spiro atoms. The van der Waals surface area contributed by atoms with Crippen molar-refractivity contribution >= 4 is 17.5 Å². The molecule has 3 aliphatic rings. The van der Waals surface area contributed by atoms with E-state index in [1.165, 1.54) is 12.1 Å². The minimum Gasteiger partial charge on any atom is -0.368 e. The molecule has 0 unspecified atom stereocenters. The smallest absolute Gasteiger partial charge is 0.368 e. The zero-order valence-electron chi connectivity index (χ0n) is 16.0. The molecule has 2 aromatic rings. The maximum absolute atomic E-state index is 14.1.